The van der Waals surface area contributed by atoms with Gasteiger partial charge in [0, 0.05) is 54.2 Å². The van der Waals surface area contributed by atoms with Gasteiger partial charge in [-0.05, 0) is 36.4 Å². The first-order valence-electron chi connectivity index (χ1n) is 9.88. The van der Waals surface area contributed by atoms with Crippen LogP contribution in [0.2, 0.25) is 0 Å². The number of aromatic hydroxyl groups is 1. The van der Waals surface area contributed by atoms with Gasteiger partial charge in [0.2, 0.25) is 0 Å². The van der Waals surface area contributed by atoms with Crippen LogP contribution in [0.4, 0.5) is 0 Å². The first-order chi connectivity index (χ1) is 16.2. The van der Waals surface area contributed by atoms with E-state index in [2.05, 4.69) is 0 Å². The molecule has 0 atom stereocenters. The van der Waals surface area contributed by atoms with E-state index in [0.717, 1.165) is 0 Å². The predicted octanol–water partition coefficient (Wildman–Crippen LogP) is 3.08. The molecule has 9 heteroatoms. The molecule has 0 saturated heterocycles. The van der Waals surface area contributed by atoms with Crippen molar-refractivity contribution < 1.29 is 34.4 Å². The minimum Gasteiger partial charge on any atom is -0.507 e. The average Bonchev–Trinajstić information content (AvgIpc) is 2.81. The number of phenolic OH excluding ortho intramolecular Hbond substituents is 1. The molecule has 3 N–H and O–H groups in total. The number of phenols is 1. The fourth-order valence-electron chi connectivity index (χ4n) is 4.98. The van der Waals surface area contributed by atoms with Gasteiger partial charge in [-0.1, -0.05) is 0 Å². The van der Waals surface area contributed by atoms with Crippen LogP contribution >= 0.6 is 0 Å². The maximum Gasteiger partial charge on any atom is 0.335 e. The molecule has 0 amide bonds. The van der Waals surface area contributed by atoms with Crippen LogP contribution in [0.5, 0.6) is 11.5 Å². The molecular weight excluding hydrogens is 444 g/mol. The highest BCUT2D eigenvalue weighted by molar-refractivity contribution is 6.33. The van der Waals surface area contributed by atoms with E-state index in [1.54, 1.807) is 0 Å². The van der Waals surface area contributed by atoms with Gasteiger partial charge in [-0.2, -0.15) is 0 Å². The second-order valence-electron chi connectivity index (χ2n) is 7.99. The van der Waals surface area contributed by atoms with Crippen LogP contribution in [0, 0.1) is 0 Å². The fraction of sp³-hybridized carbons (Fsp3) is 0. The van der Waals surface area contributed by atoms with Gasteiger partial charge in [-0.3, -0.25) is 14.4 Å². The third-order valence-electron chi connectivity index (χ3n) is 6.31. The molecule has 0 fully saturated rings. The van der Waals surface area contributed by atoms with Crippen molar-refractivity contribution in [3.8, 4) is 22.6 Å². The molecule has 9 nitrogen and oxygen atoms in total. The Hall–Kier alpha value is -5.05. The Morgan fingerprint density at radius 2 is 1.12 bits per heavy atom. The van der Waals surface area contributed by atoms with Gasteiger partial charge in [-0.25, -0.2) is 9.59 Å². The highest BCUT2D eigenvalue weighted by Crippen LogP contribution is 2.50. The number of benzene rings is 6. The molecule has 0 radical (unpaired) electrons. The van der Waals surface area contributed by atoms with Crippen molar-refractivity contribution in [3.63, 3.8) is 0 Å². The zero-order valence-corrected chi connectivity index (χ0v) is 16.8. The van der Waals surface area contributed by atoms with Gasteiger partial charge in [0.1, 0.15) is 11.5 Å². The molecule has 0 spiro atoms. The molecule has 0 aliphatic heterocycles. The summed E-state index contributed by atoms with van der Waals surface area (Å²) in [5.74, 6) is -3.18. The number of aromatic carboxylic acids is 2. The molecule has 164 valence electrons. The first-order valence-corrected chi connectivity index (χ1v) is 9.88. The van der Waals surface area contributed by atoms with E-state index >= 15 is 0 Å². The van der Waals surface area contributed by atoms with Crippen LogP contribution in [0.15, 0.2) is 46.0 Å². The van der Waals surface area contributed by atoms with Gasteiger partial charge in [-0.15, -0.1) is 0 Å². The summed E-state index contributed by atoms with van der Waals surface area (Å²) in [5.41, 5.74) is -1.07. The quantitative estimate of drug-likeness (QED) is 0.207. The summed E-state index contributed by atoms with van der Waals surface area (Å²) in [6.07, 6.45) is 0. The number of carboxylic acids is 2. The lowest BCUT2D eigenvalue weighted by molar-refractivity contribution is -0.120. The molecule has 4 aromatic rings. The standard InChI is InChI=1S/C25H10O9/c26-7-34-10-5-15-19-16(6-10)23(29)14-4-9(25(32)33)2-12-18(14)20(19)17-11(21(12)27)1-8(24(30)31)3-13(17)22(15)28/h1-7,27H,(H,30,31)(H,32,33). The highest BCUT2D eigenvalue weighted by atomic mass is 16.5. The average molecular weight is 454 g/mol. The monoisotopic (exact) mass is 454 g/mol. The zero-order chi connectivity index (χ0) is 24.0. The van der Waals surface area contributed by atoms with E-state index in [4.69, 9.17) is 4.74 Å². The summed E-state index contributed by atoms with van der Waals surface area (Å²) < 4.78 is 4.90. The van der Waals surface area contributed by atoms with E-state index in [1.807, 2.05) is 0 Å². The molecule has 0 heterocycles. The highest BCUT2D eigenvalue weighted by Gasteiger charge is 2.30. The second kappa shape index (κ2) is 6.26. The molecule has 2 aliphatic carbocycles. The van der Waals surface area contributed by atoms with Crippen molar-refractivity contribution in [2.24, 2.45) is 0 Å². The number of carbonyl (C=O) groups is 3. The smallest absolute Gasteiger partial charge is 0.335 e. The van der Waals surface area contributed by atoms with Gasteiger partial charge >= 0.3 is 11.9 Å². The number of hydrogen-bond acceptors (Lipinski definition) is 7. The van der Waals surface area contributed by atoms with Crippen LogP contribution in [-0.2, 0) is 4.79 Å². The summed E-state index contributed by atoms with van der Waals surface area (Å²) in [5, 5.41) is 30.9. The number of carbonyl (C=O) groups excluding carboxylic acids is 1. The number of ether oxygens (including phenoxy) is 1. The van der Waals surface area contributed by atoms with Crippen molar-refractivity contribution in [3.05, 3.63) is 68.0 Å². The molecule has 0 unspecified atom stereocenters. The minimum absolute atomic E-state index is 0.00795. The third-order valence-corrected chi connectivity index (χ3v) is 6.31. The Morgan fingerprint density at radius 1 is 0.676 bits per heavy atom. The molecule has 0 aromatic heterocycles. The lowest BCUT2D eigenvalue weighted by Gasteiger charge is -2.23. The Bertz CT molecular complexity index is 1820. The van der Waals surface area contributed by atoms with Crippen LogP contribution < -0.4 is 15.6 Å². The minimum atomic E-state index is -1.33. The van der Waals surface area contributed by atoms with Crippen LogP contribution in [0.1, 0.15) is 20.7 Å². The van der Waals surface area contributed by atoms with Crippen LogP contribution in [0.25, 0.3) is 54.2 Å². The Kier molecular flexibility index (Phi) is 3.61. The Balaban J connectivity index is 2.06. The Morgan fingerprint density at radius 3 is 1.53 bits per heavy atom. The van der Waals surface area contributed by atoms with Crippen molar-refractivity contribution >= 4 is 61.5 Å². The van der Waals surface area contributed by atoms with Gasteiger partial charge in [0.05, 0.1) is 11.1 Å². The van der Waals surface area contributed by atoms with E-state index < -0.39 is 28.5 Å². The van der Waals surface area contributed by atoms with Crippen molar-refractivity contribution in [2.45, 2.75) is 0 Å². The van der Waals surface area contributed by atoms with Gasteiger partial charge < -0.3 is 20.1 Å². The van der Waals surface area contributed by atoms with E-state index in [0.29, 0.717) is 5.56 Å². The maximum absolute atomic E-state index is 13.5. The largest absolute Gasteiger partial charge is 0.507 e. The van der Waals surface area contributed by atoms with Gasteiger partial charge in [0.15, 0.2) is 10.9 Å². The van der Waals surface area contributed by atoms with E-state index in [1.165, 1.54) is 36.4 Å². The number of carboxylic acid groups (broad SMARTS) is 2. The number of hydrogen-bond donors (Lipinski definition) is 3. The van der Waals surface area contributed by atoms with Crippen LogP contribution in [-0.4, -0.2) is 33.7 Å². The fourth-order valence-corrected chi connectivity index (χ4v) is 4.98. The molecule has 34 heavy (non-hydrogen) atoms. The van der Waals surface area contributed by atoms with Gasteiger partial charge in [0.25, 0.3) is 6.47 Å². The lowest BCUT2D eigenvalue weighted by atomic mass is 9.79. The Labute approximate surface area is 187 Å². The molecule has 0 bridgehead atoms. The van der Waals surface area contributed by atoms with E-state index in [9.17, 15) is 39.3 Å². The predicted molar refractivity (Wildman–Crippen MR) is 121 cm³/mol. The van der Waals surface area contributed by atoms with Crippen LogP contribution in [0.3, 0.4) is 0 Å². The summed E-state index contributed by atoms with van der Waals surface area (Å²) in [7, 11) is 0. The number of rotatable bonds is 4. The van der Waals surface area contributed by atoms with Crippen molar-refractivity contribution in [1.29, 1.82) is 0 Å². The summed E-state index contributed by atoms with van der Waals surface area (Å²) in [6.45, 7) is 0.138. The molecule has 2 aliphatic rings. The van der Waals surface area contributed by atoms with Crippen molar-refractivity contribution in [1.82, 2.24) is 0 Å². The molecular formula is C25H10O9. The van der Waals surface area contributed by atoms with E-state index in [-0.39, 0.29) is 72.0 Å². The SMILES string of the molecule is O=COc1cc2c3c(c1)c(=O)c1cc(C(=O)O)cc4c(O)c5cc(C(=O)O)cc(c2=O)c5c-3c41. The van der Waals surface area contributed by atoms with Crippen molar-refractivity contribution in [2.75, 3.05) is 0 Å². The summed E-state index contributed by atoms with van der Waals surface area (Å²) in [4.78, 5) is 61.4. The summed E-state index contributed by atoms with van der Waals surface area (Å²) in [6, 6.07) is 7.37. The normalized spacial score (nSPS) is 11.9. The zero-order valence-electron chi connectivity index (χ0n) is 16.8. The molecule has 6 rings (SSSR count). The topological polar surface area (TPSA) is 155 Å². The third kappa shape index (κ3) is 2.24. The summed E-state index contributed by atoms with van der Waals surface area (Å²) >= 11 is 0. The maximum atomic E-state index is 13.5. The first kappa shape index (κ1) is 19.6. The lowest BCUT2D eigenvalue weighted by Crippen LogP contribution is -2.15. The molecule has 4 aromatic carbocycles. The second-order valence-corrected chi connectivity index (χ2v) is 7.99. The molecule has 0 saturated carbocycles.